The number of anilines is 1. The predicted octanol–water partition coefficient (Wildman–Crippen LogP) is 4.62. The van der Waals surface area contributed by atoms with Crippen molar-refractivity contribution in [3.8, 4) is 22.5 Å². The molecule has 0 radical (unpaired) electrons. The van der Waals surface area contributed by atoms with Crippen molar-refractivity contribution in [2.45, 2.75) is 71.4 Å². The van der Waals surface area contributed by atoms with Gasteiger partial charge in [0.15, 0.2) is 0 Å². The summed E-state index contributed by atoms with van der Waals surface area (Å²) >= 11 is 0. The highest BCUT2D eigenvalue weighted by atomic mass is 16.6. The summed E-state index contributed by atoms with van der Waals surface area (Å²) in [5.74, 6) is -0.131. The minimum atomic E-state index is -0.847. The van der Waals surface area contributed by atoms with Gasteiger partial charge in [0.2, 0.25) is 17.6 Å². The fourth-order valence-corrected chi connectivity index (χ4v) is 7.09. The standard InChI is InChI=1S/C41H52N10O5/c1-26-22-35(39(54)51-20-18-50(5)19-21-51)42-25-33(26)29-10-6-27(7-11-29)23-34(38(53)44-32-16-14-30(15-17-32)36-46-48-49-47-36)45-37(52)31-12-8-28(9-13-31)24-43-40(55)56-41(2,3)4/h6-7,10-11,14-17,22,25,28,31,34H,8-9,12-13,18-21,23-24H2,1-5H3,(H,43,55)(H,44,53)(H,45,52)(H,46,47,48,49)/t28?,31?,34-/m0/s1. The van der Waals surface area contributed by atoms with E-state index in [9.17, 15) is 19.2 Å². The lowest BCUT2D eigenvalue weighted by atomic mass is 9.81. The number of rotatable bonds is 11. The lowest BCUT2D eigenvalue weighted by Gasteiger charge is -2.32. The van der Waals surface area contributed by atoms with Crippen molar-refractivity contribution in [2.75, 3.05) is 45.1 Å². The van der Waals surface area contributed by atoms with E-state index in [0.29, 0.717) is 49.7 Å². The number of tetrazole rings is 1. The molecular weight excluding hydrogens is 713 g/mol. The van der Waals surface area contributed by atoms with Crippen molar-refractivity contribution < 1.29 is 23.9 Å². The summed E-state index contributed by atoms with van der Waals surface area (Å²) in [5, 5.41) is 22.9. The number of aryl methyl sites for hydroxylation is 1. The number of benzene rings is 2. The van der Waals surface area contributed by atoms with E-state index < -0.39 is 17.7 Å². The van der Waals surface area contributed by atoms with Crippen molar-refractivity contribution >= 4 is 29.5 Å². The van der Waals surface area contributed by atoms with E-state index in [-0.39, 0.29) is 36.0 Å². The van der Waals surface area contributed by atoms with Crippen LogP contribution in [0.3, 0.4) is 0 Å². The molecule has 2 aromatic heterocycles. The van der Waals surface area contributed by atoms with E-state index in [1.54, 1.807) is 30.5 Å². The highest BCUT2D eigenvalue weighted by Gasteiger charge is 2.30. The molecule has 56 heavy (non-hydrogen) atoms. The average molecular weight is 765 g/mol. The highest BCUT2D eigenvalue weighted by Crippen LogP contribution is 2.29. The average Bonchev–Trinajstić information content (AvgIpc) is 3.72. The van der Waals surface area contributed by atoms with Gasteiger partial charge in [-0.25, -0.2) is 4.79 Å². The molecule has 6 rings (SSSR count). The van der Waals surface area contributed by atoms with Crippen molar-refractivity contribution in [1.29, 1.82) is 0 Å². The Bertz CT molecular complexity index is 1960. The number of hydrogen-bond acceptors (Lipinski definition) is 10. The molecule has 1 saturated heterocycles. The van der Waals surface area contributed by atoms with E-state index in [4.69, 9.17) is 4.74 Å². The molecule has 1 atom stereocenters. The number of ether oxygens (including phenoxy) is 1. The minimum absolute atomic E-state index is 0.0550. The molecule has 1 aliphatic carbocycles. The van der Waals surface area contributed by atoms with Crippen LogP contribution in [-0.2, 0) is 20.7 Å². The maximum absolute atomic E-state index is 13.8. The number of nitrogens with one attached hydrogen (secondary N) is 4. The molecule has 296 valence electrons. The van der Waals surface area contributed by atoms with Gasteiger partial charge in [-0.3, -0.25) is 19.4 Å². The maximum Gasteiger partial charge on any atom is 0.407 e. The van der Waals surface area contributed by atoms with Crippen LogP contribution in [0.4, 0.5) is 10.5 Å². The zero-order valence-electron chi connectivity index (χ0n) is 32.8. The number of nitrogens with zero attached hydrogens (tertiary/aromatic N) is 6. The van der Waals surface area contributed by atoms with Gasteiger partial charge in [0, 0.05) is 68.1 Å². The van der Waals surface area contributed by atoms with Crippen LogP contribution in [0.5, 0.6) is 0 Å². The van der Waals surface area contributed by atoms with Gasteiger partial charge in [0.05, 0.1) is 0 Å². The van der Waals surface area contributed by atoms with Crippen LogP contribution < -0.4 is 16.0 Å². The molecule has 3 heterocycles. The summed E-state index contributed by atoms with van der Waals surface area (Å²) < 4.78 is 5.36. The minimum Gasteiger partial charge on any atom is -0.444 e. The van der Waals surface area contributed by atoms with Gasteiger partial charge >= 0.3 is 6.09 Å². The summed E-state index contributed by atoms with van der Waals surface area (Å²) in [6.45, 7) is 11.0. The summed E-state index contributed by atoms with van der Waals surface area (Å²) in [6, 6.07) is 15.9. The number of alkyl carbamates (subject to hydrolysis) is 1. The third kappa shape index (κ3) is 10.7. The molecule has 1 saturated carbocycles. The zero-order chi connectivity index (χ0) is 39.8. The summed E-state index contributed by atoms with van der Waals surface area (Å²) in [5.41, 5.74) is 4.82. The molecule has 2 aromatic carbocycles. The van der Waals surface area contributed by atoms with Gasteiger partial charge in [0.25, 0.3) is 5.91 Å². The molecule has 15 heteroatoms. The Kier molecular flexibility index (Phi) is 12.7. The topological polar surface area (TPSA) is 187 Å². The molecule has 4 amide bonds. The molecule has 0 unspecified atom stereocenters. The smallest absolute Gasteiger partial charge is 0.407 e. The first-order valence-electron chi connectivity index (χ1n) is 19.3. The van der Waals surface area contributed by atoms with Gasteiger partial charge < -0.3 is 30.5 Å². The van der Waals surface area contributed by atoms with Crippen LogP contribution in [-0.4, -0.2) is 111 Å². The second-order valence-corrected chi connectivity index (χ2v) is 15.8. The fourth-order valence-electron chi connectivity index (χ4n) is 7.09. The number of carbonyl (C=O) groups excluding carboxylic acids is 4. The van der Waals surface area contributed by atoms with E-state index in [2.05, 4.69) is 53.5 Å². The SMILES string of the molecule is Cc1cc(C(=O)N2CCN(C)CC2)ncc1-c1ccc(C[C@H](NC(=O)C2CCC(CNC(=O)OC(C)(C)C)CC2)C(=O)Nc2ccc(-c3nn[nH]n3)cc2)cc1. The number of aromatic amines is 1. The van der Waals surface area contributed by atoms with E-state index in [0.717, 1.165) is 53.7 Å². The van der Waals surface area contributed by atoms with Gasteiger partial charge in [-0.2, -0.15) is 5.21 Å². The molecule has 4 aromatic rings. The summed E-state index contributed by atoms with van der Waals surface area (Å²) in [7, 11) is 2.05. The third-order valence-corrected chi connectivity index (χ3v) is 10.4. The number of amides is 4. The Balaban J connectivity index is 1.11. The highest BCUT2D eigenvalue weighted by molar-refractivity contribution is 5.98. The predicted molar refractivity (Wildman–Crippen MR) is 211 cm³/mol. The van der Waals surface area contributed by atoms with Crippen molar-refractivity contribution in [1.82, 2.24) is 46.0 Å². The number of piperazine rings is 1. The first-order chi connectivity index (χ1) is 26.8. The molecule has 0 spiro atoms. The van der Waals surface area contributed by atoms with Gasteiger partial charge in [-0.05, 0) is 119 Å². The van der Waals surface area contributed by atoms with Crippen LogP contribution >= 0.6 is 0 Å². The van der Waals surface area contributed by atoms with Crippen LogP contribution in [0, 0.1) is 18.8 Å². The first kappa shape index (κ1) is 40.0. The molecule has 1 aliphatic heterocycles. The largest absolute Gasteiger partial charge is 0.444 e. The molecule has 2 fully saturated rings. The Morgan fingerprint density at radius 1 is 0.929 bits per heavy atom. The first-order valence-corrected chi connectivity index (χ1v) is 19.3. The van der Waals surface area contributed by atoms with Crippen LogP contribution in [0.1, 0.15) is 68.1 Å². The normalized spacial score (nSPS) is 18.1. The number of likely N-dealkylation sites (N-methyl/N-ethyl adjacent to an activating group) is 1. The number of aromatic nitrogens is 5. The Labute approximate surface area is 327 Å². The number of H-pyrrole nitrogens is 1. The quantitative estimate of drug-likeness (QED) is 0.168. The second-order valence-electron chi connectivity index (χ2n) is 15.8. The number of hydrogen-bond donors (Lipinski definition) is 4. The third-order valence-electron chi connectivity index (χ3n) is 10.4. The molecule has 0 bridgehead atoms. The molecule has 2 aliphatic rings. The van der Waals surface area contributed by atoms with Crippen molar-refractivity contribution in [3.05, 3.63) is 77.6 Å². The van der Waals surface area contributed by atoms with Gasteiger partial charge in [0.1, 0.15) is 17.3 Å². The van der Waals surface area contributed by atoms with E-state index >= 15 is 0 Å². The fraction of sp³-hybridized carbons (Fsp3) is 0.463. The molecular formula is C41H52N10O5. The lowest BCUT2D eigenvalue weighted by molar-refractivity contribution is -0.130. The van der Waals surface area contributed by atoms with Crippen LogP contribution in [0.25, 0.3) is 22.5 Å². The van der Waals surface area contributed by atoms with Crippen molar-refractivity contribution in [3.63, 3.8) is 0 Å². The lowest BCUT2D eigenvalue weighted by Crippen LogP contribution is -2.48. The molecule has 15 nitrogen and oxygen atoms in total. The Morgan fingerprint density at radius 2 is 1.61 bits per heavy atom. The Morgan fingerprint density at radius 3 is 2.23 bits per heavy atom. The second kappa shape index (κ2) is 17.8. The Hall–Kier alpha value is -5.70. The number of pyridine rings is 1. The summed E-state index contributed by atoms with van der Waals surface area (Å²) in [4.78, 5) is 61.4. The van der Waals surface area contributed by atoms with Crippen LogP contribution in [0.15, 0.2) is 60.8 Å². The van der Waals surface area contributed by atoms with E-state index in [1.807, 2.05) is 62.9 Å². The summed E-state index contributed by atoms with van der Waals surface area (Å²) in [6.07, 6.45) is 4.43. The van der Waals surface area contributed by atoms with Gasteiger partial charge in [-0.15, -0.1) is 10.2 Å². The van der Waals surface area contributed by atoms with Gasteiger partial charge in [-0.1, -0.05) is 24.3 Å². The maximum atomic E-state index is 13.8. The van der Waals surface area contributed by atoms with E-state index in [1.165, 1.54) is 0 Å². The van der Waals surface area contributed by atoms with Crippen LogP contribution in [0.2, 0.25) is 0 Å². The molecule has 4 N–H and O–H groups in total. The number of carbonyl (C=O) groups is 4. The monoisotopic (exact) mass is 764 g/mol. The van der Waals surface area contributed by atoms with Crippen molar-refractivity contribution in [2.24, 2.45) is 11.8 Å². The zero-order valence-corrected chi connectivity index (χ0v) is 32.8.